The average Bonchev–Trinajstić information content (AvgIpc) is 3.53. The van der Waals surface area contributed by atoms with Crippen molar-refractivity contribution in [3.05, 3.63) is 42.0 Å². The number of carbonyl (C=O) groups excluding carboxylic acids is 3. The summed E-state index contributed by atoms with van der Waals surface area (Å²) in [6.07, 6.45) is 2.81. The van der Waals surface area contributed by atoms with Crippen LogP contribution >= 0.6 is 0 Å². The van der Waals surface area contributed by atoms with E-state index >= 15 is 0 Å². The molecule has 0 aromatic heterocycles. The van der Waals surface area contributed by atoms with E-state index in [1.54, 1.807) is 31.2 Å². The van der Waals surface area contributed by atoms with Gasteiger partial charge in [0.2, 0.25) is 0 Å². The van der Waals surface area contributed by atoms with Gasteiger partial charge in [0.15, 0.2) is 6.29 Å². The molecule has 5 saturated carbocycles. The number of esters is 3. The predicted molar refractivity (Wildman–Crippen MR) is 180 cm³/mol. The fourth-order valence-corrected chi connectivity index (χ4v) is 9.16. The third-order valence-electron chi connectivity index (χ3n) is 11.4. The third kappa shape index (κ3) is 9.66. The molecule has 0 aliphatic heterocycles. The molecule has 1 aromatic rings. The molecule has 0 saturated heterocycles. The highest BCUT2D eigenvalue weighted by atomic mass is 19.4. The van der Waals surface area contributed by atoms with Gasteiger partial charge in [-0.3, -0.25) is 4.79 Å². The lowest BCUT2D eigenvalue weighted by atomic mass is 9.48. The zero-order chi connectivity index (χ0) is 37.1. The van der Waals surface area contributed by atoms with Crippen molar-refractivity contribution in [1.82, 2.24) is 0 Å². The molecule has 0 heterocycles. The molecule has 12 heteroatoms. The smallest absolute Gasteiger partial charge is 0.389 e. The molecule has 0 spiro atoms. The normalized spacial score (nSPS) is 28.1. The van der Waals surface area contributed by atoms with Crippen LogP contribution in [-0.4, -0.2) is 61.4 Å². The monoisotopic (exact) mass is 722 g/mol. The van der Waals surface area contributed by atoms with E-state index in [1.807, 2.05) is 0 Å². The maximum absolute atomic E-state index is 13.6. The Morgan fingerprint density at radius 2 is 1.63 bits per heavy atom. The van der Waals surface area contributed by atoms with Crippen LogP contribution in [0.4, 0.5) is 13.2 Å². The Bertz CT molecular complexity index is 1400. The Hall–Kier alpha value is -3.12. The molecule has 0 radical (unpaired) electrons. The van der Waals surface area contributed by atoms with E-state index in [9.17, 15) is 27.6 Å². The van der Waals surface area contributed by atoms with Crippen LogP contribution in [0.3, 0.4) is 0 Å². The van der Waals surface area contributed by atoms with Gasteiger partial charge in [0.1, 0.15) is 30.2 Å². The lowest BCUT2D eigenvalue weighted by molar-refractivity contribution is -0.217. The summed E-state index contributed by atoms with van der Waals surface area (Å²) in [7, 11) is 0. The van der Waals surface area contributed by atoms with Gasteiger partial charge in [-0.25, -0.2) is 9.59 Å². The van der Waals surface area contributed by atoms with Gasteiger partial charge in [-0.05, 0) is 127 Å². The Morgan fingerprint density at radius 1 is 0.980 bits per heavy atom. The zero-order valence-electron chi connectivity index (χ0n) is 30.4. The molecular formula is C39H53F3O9. The quantitative estimate of drug-likeness (QED) is 0.0517. The summed E-state index contributed by atoms with van der Waals surface area (Å²) in [6, 6.07) is 6.23. The number of rotatable bonds is 17. The minimum absolute atomic E-state index is 0.0352. The number of hydrogen-bond donors (Lipinski definition) is 0. The van der Waals surface area contributed by atoms with Gasteiger partial charge >= 0.3 is 24.1 Å². The first-order valence-electron chi connectivity index (χ1n) is 18.3. The molecule has 284 valence electrons. The van der Waals surface area contributed by atoms with E-state index in [-0.39, 0.29) is 42.9 Å². The molecule has 51 heavy (non-hydrogen) atoms. The van der Waals surface area contributed by atoms with Gasteiger partial charge in [-0.1, -0.05) is 25.6 Å². The number of hydrogen-bond acceptors (Lipinski definition) is 9. The van der Waals surface area contributed by atoms with E-state index < -0.39 is 47.9 Å². The highest BCUT2D eigenvalue weighted by molar-refractivity contribution is 5.87. The van der Waals surface area contributed by atoms with Gasteiger partial charge in [0, 0.05) is 12.0 Å². The molecule has 6 rings (SSSR count). The Labute approximate surface area is 298 Å². The van der Waals surface area contributed by atoms with Crippen molar-refractivity contribution in [2.45, 2.75) is 140 Å². The molecule has 4 unspecified atom stereocenters. The van der Waals surface area contributed by atoms with Crippen LogP contribution in [0.5, 0.6) is 5.75 Å². The highest BCUT2D eigenvalue weighted by Gasteiger charge is 2.62. The van der Waals surface area contributed by atoms with Crippen molar-refractivity contribution in [1.29, 1.82) is 0 Å². The zero-order valence-corrected chi connectivity index (χ0v) is 30.4. The number of halogens is 3. The second-order valence-corrected chi connectivity index (χ2v) is 15.7. The third-order valence-corrected chi connectivity index (χ3v) is 11.4. The van der Waals surface area contributed by atoms with Crippen LogP contribution in [0.25, 0.3) is 0 Å². The first-order valence-corrected chi connectivity index (χ1v) is 18.3. The van der Waals surface area contributed by atoms with Crippen LogP contribution < -0.4 is 4.74 Å². The van der Waals surface area contributed by atoms with Gasteiger partial charge in [0.25, 0.3) is 0 Å². The number of carbonyl (C=O) groups is 3. The summed E-state index contributed by atoms with van der Waals surface area (Å²) >= 11 is 0. The molecule has 5 fully saturated rings. The number of benzene rings is 1. The van der Waals surface area contributed by atoms with Crippen molar-refractivity contribution in [3.63, 3.8) is 0 Å². The predicted octanol–water partition coefficient (Wildman–Crippen LogP) is 8.27. The molecule has 0 N–H and O–H groups in total. The Morgan fingerprint density at radius 3 is 2.22 bits per heavy atom. The topological polar surface area (TPSA) is 107 Å². The molecule has 4 atom stereocenters. The van der Waals surface area contributed by atoms with Crippen molar-refractivity contribution >= 4 is 17.9 Å². The molecule has 4 bridgehead atoms. The summed E-state index contributed by atoms with van der Waals surface area (Å²) in [6.45, 7) is 10.2. The molecule has 0 amide bonds. The summed E-state index contributed by atoms with van der Waals surface area (Å²) < 4.78 is 74.2. The van der Waals surface area contributed by atoms with Crippen LogP contribution in [0.2, 0.25) is 0 Å². The SMILES string of the molecule is C=C(C)C(=O)OC(C)(CCC(F)(F)F)c1ccc(OC(C)OCCOC(=O)C23CC4CC(CC(OCC(=O)OC5(CC)CCCC5)(C4)C2)C3)cc1. The maximum Gasteiger partial charge on any atom is 0.389 e. The molecule has 9 nitrogen and oxygen atoms in total. The van der Waals surface area contributed by atoms with Crippen LogP contribution in [-0.2, 0) is 43.7 Å². The maximum atomic E-state index is 13.6. The second kappa shape index (κ2) is 15.5. The lowest BCUT2D eigenvalue weighted by Crippen LogP contribution is -2.60. The van der Waals surface area contributed by atoms with Gasteiger partial charge in [0.05, 0.1) is 17.6 Å². The van der Waals surface area contributed by atoms with Crippen molar-refractivity contribution in [3.8, 4) is 5.75 Å². The first kappa shape index (κ1) is 39.1. The summed E-state index contributed by atoms with van der Waals surface area (Å²) in [5.74, 6) is -0.258. The summed E-state index contributed by atoms with van der Waals surface area (Å²) in [4.78, 5) is 38.7. The van der Waals surface area contributed by atoms with Crippen molar-refractivity contribution in [2.75, 3.05) is 19.8 Å². The van der Waals surface area contributed by atoms with Crippen LogP contribution in [0, 0.1) is 17.3 Å². The van der Waals surface area contributed by atoms with Crippen molar-refractivity contribution < 1.29 is 56.0 Å². The first-order chi connectivity index (χ1) is 24.0. The molecular weight excluding hydrogens is 669 g/mol. The lowest BCUT2D eigenvalue weighted by Gasteiger charge is -2.60. The fourth-order valence-electron chi connectivity index (χ4n) is 9.16. The van der Waals surface area contributed by atoms with Crippen LogP contribution in [0.15, 0.2) is 36.4 Å². The Kier molecular flexibility index (Phi) is 11.9. The molecule has 5 aliphatic carbocycles. The largest absolute Gasteiger partial charge is 0.465 e. The van der Waals surface area contributed by atoms with Gasteiger partial charge < -0.3 is 28.4 Å². The van der Waals surface area contributed by atoms with E-state index in [1.165, 1.54) is 13.8 Å². The summed E-state index contributed by atoms with van der Waals surface area (Å²) in [5, 5.41) is 0. The van der Waals surface area contributed by atoms with Crippen LogP contribution in [0.1, 0.15) is 117 Å². The van der Waals surface area contributed by atoms with E-state index in [0.717, 1.165) is 64.2 Å². The molecule has 5 aliphatic rings. The van der Waals surface area contributed by atoms with Gasteiger partial charge in [-0.2, -0.15) is 13.2 Å². The highest BCUT2D eigenvalue weighted by Crippen LogP contribution is 2.63. The average molecular weight is 723 g/mol. The molecule has 1 aromatic carbocycles. The fraction of sp³-hybridized carbons (Fsp3) is 0.718. The van der Waals surface area contributed by atoms with Crippen molar-refractivity contribution in [2.24, 2.45) is 17.3 Å². The number of ether oxygens (including phenoxy) is 6. The minimum Gasteiger partial charge on any atom is -0.465 e. The minimum atomic E-state index is -4.42. The summed E-state index contributed by atoms with van der Waals surface area (Å²) in [5.41, 5.74) is -2.60. The van der Waals surface area contributed by atoms with E-state index in [4.69, 9.17) is 28.4 Å². The Balaban J connectivity index is 1.09. The standard InChI is InChI=1S/C39H53F3O9/c1-6-37(13-7-8-14-37)50-32(43)24-48-38-22-28-19-29(23-38)21-36(20-28,25-38)34(45)47-18-17-46-27(4)49-31-11-9-30(10-12-31)35(5,15-16-39(40,41)42)51-33(44)26(2)3/h9-12,27-29H,2,6-8,13-25H2,1,3-5H3. The van der Waals surface area contributed by atoms with E-state index in [0.29, 0.717) is 29.6 Å². The van der Waals surface area contributed by atoms with E-state index in [2.05, 4.69) is 13.5 Å². The second-order valence-electron chi connectivity index (χ2n) is 15.7. The number of alkyl halides is 3. The van der Waals surface area contributed by atoms with Gasteiger partial charge in [-0.15, -0.1) is 0 Å².